The maximum atomic E-state index is 12.4. The van der Waals surface area contributed by atoms with Gasteiger partial charge in [-0.05, 0) is 24.5 Å². The van der Waals surface area contributed by atoms with Gasteiger partial charge in [0.25, 0.3) is 5.91 Å². The lowest BCUT2D eigenvalue weighted by Crippen LogP contribution is -2.29. The van der Waals surface area contributed by atoms with E-state index in [1.54, 1.807) is 24.2 Å². The van der Waals surface area contributed by atoms with Gasteiger partial charge >= 0.3 is 0 Å². The van der Waals surface area contributed by atoms with E-state index in [0.717, 1.165) is 18.4 Å². The predicted molar refractivity (Wildman–Crippen MR) is 68.2 cm³/mol. The number of hydrogen-bond acceptors (Lipinski definition) is 2. The van der Waals surface area contributed by atoms with Crippen molar-refractivity contribution in [3.8, 4) is 5.75 Å². The van der Waals surface area contributed by atoms with Gasteiger partial charge in [0, 0.05) is 13.1 Å². The third-order valence-electron chi connectivity index (χ3n) is 3.13. The molecule has 0 spiro atoms. The van der Waals surface area contributed by atoms with Gasteiger partial charge in [-0.15, -0.1) is 0 Å². The van der Waals surface area contributed by atoms with Crippen LogP contribution in [-0.4, -0.2) is 31.0 Å². The average Bonchev–Trinajstić information content (AvgIpc) is 3.20. The van der Waals surface area contributed by atoms with Crippen molar-refractivity contribution in [3.05, 3.63) is 35.9 Å². The van der Waals surface area contributed by atoms with E-state index in [0.29, 0.717) is 17.4 Å². The molecule has 1 aromatic carbocycles. The fraction of sp³-hybridized carbons (Fsp3) is 0.357. The molecule has 1 saturated carbocycles. The van der Waals surface area contributed by atoms with Gasteiger partial charge in [0.1, 0.15) is 5.75 Å². The Bertz CT molecular complexity index is 450. The molecule has 1 aliphatic rings. The van der Waals surface area contributed by atoms with Crippen LogP contribution in [0.3, 0.4) is 0 Å². The summed E-state index contributed by atoms with van der Waals surface area (Å²) in [6.45, 7) is 3.74. The first-order valence-corrected chi connectivity index (χ1v) is 5.75. The van der Waals surface area contributed by atoms with Crippen molar-refractivity contribution in [3.63, 3.8) is 0 Å². The zero-order valence-electron chi connectivity index (χ0n) is 10.3. The molecule has 0 aromatic heterocycles. The number of methoxy groups -OCH3 is 1. The molecule has 0 heterocycles. The Morgan fingerprint density at radius 2 is 2.24 bits per heavy atom. The Balaban J connectivity index is 2.40. The first-order chi connectivity index (χ1) is 8.19. The molecule has 1 amide bonds. The van der Waals surface area contributed by atoms with Crippen LogP contribution in [0, 0.1) is 0 Å². The van der Waals surface area contributed by atoms with Crippen LogP contribution in [0.15, 0.2) is 24.8 Å². The Morgan fingerprint density at radius 1 is 1.53 bits per heavy atom. The highest BCUT2D eigenvalue weighted by molar-refractivity contribution is 6.00. The molecular weight excluding hydrogens is 214 g/mol. The third kappa shape index (κ3) is 2.18. The van der Waals surface area contributed by atoms with Crippen LogP contribution in [0.5, 0.6) is 5.75 Å². The molecule has 0 radical (unpaired) electrons. The van der Waals surface area contributed by atoms with Gasteiger partial charge in [0.05, 0.1) is 12.7 Å². The van der Waals surface area contributed by atoms with Crippen LogP contribution < -0.4 is 4.74 Å². The minimum Gasteiger partial charge on any atom is -0.496 e. The second-order valence-corrected chi connectivity index (χ2v) is 4.28. The highest BCUT2D eigenvalue weighted by atomic mass is 16.5. The van der Waals surface area contributed by atoms with Crippen LogP contribution >= 0.6 is 0 Å². The summed E-state index contributed by atoms with van der Waals surface area (Å²) >= 11 is 0. The molecule has 2 rings (SSSR count). The van der Waals surface area contributed by atoms with Crippen LogP contribution in [0.25, 0.3) is 6.08 Å². The fourth-order valence-electron chi connectivity index (χ4n) is 1.92. The number of rotatable bonds is 4. The molecule has 3 heteroatoms. The topological polar surface area (TPSA) is 29.5 Å². The molecule has 0 saturated heterocycles. The second-order valence-electron chi connectivity index (χ2n) is 4.28. The number of amides is 1. The van der Waals surface area contributed by atoms with E-state index in [1.165, 1.54) is 0 Å². The number of nitrogens with zero attached hydrogens (tertiary/aromatic N) is 1. The van der Waals surface area contributed by atoms with Crippen LogP contribution in [-0.2, 0) is 0 Å². The summed E-state index contributed by atoms with van der Waals surface area (Å²) in [5.74, 6) is 0.625. The molecular formula is C14H17NO2. The van der Waals surface area contributed by atoms with E-state index >= 15 is 0 Å². The first kappa shape index (κ1) is 11.7. The van der Waals surface area contributed by atoms with E-state index in [9.17, 15) is 4.79 Å². The lowest BCUT2D eigenvalue weighted by molar-refractivity contribution is 0.0781. The Kier molecular flexibility index (Phi) is 3.18. The van der Waals surface area contributed by atoms with E-state index in [2.05, 4.69) is 6.58 Å². The van der Waals surface area contributed by atoms with E-state index < -0.39 is 0 Å². The lowest BCUT2D eigenvalue weighted by atomic mass is 10.0. The zero-order valence-corrected chi connectivity index (χ0v) is 10.3. The number of ether oxygens (including phenoxy) is 1. The molecule has 0 unspecified atom stereocenters. The van der Waals surface area contributed by atoms with Crippen molar-refractivity contribution in [1.82, 2.24) is 4.90 Å². The van der Waals surface area contributed by atoms with E-state index in [-0.39, 0.29) is 5.91 Å². The van der Waals surface area contributed by atoms with Crippen LogP contribution in [0.1, 0.15) is 28.8 Å². The number of benzene rings is 1. The van der Waals surface area contributed by atoms with Crippen molar-refractivity contribution < 1.29 is 9.53 Å². The molecule has 1 fully saturated rings. The van der Waals surface area contributed by atoms with E-state index in [4.69, 9.17) is 4.74 Å². The molecule has 90 valence electrons. The fourth-order valence-corrected chi connectivity index (χ4v) is 1.92. The summed E-state index contributed by atoms with van der Waals surface area (Å²) in [5.41, 5.74) is 1.43. The molecule has 1 aromatic rings. The average molecular weight is 231 g/mol. The standard InChI is InChI=1S/C14H17NO2/c1-4-10-6-5-7-12(17-3)13(10)14(16)15(2)11-8-9-11/h4-7,11H,1,8-9H2,2-3H3. The minimum absolute atomic E-state index is 0.0138. The molecule has 0 bridgehead atoms. The monoisotopic (exact) mass is 231 g/mol. The first-order valence-electron chi connectivity index (χ1n) is 5.75. The summed E-state index contributed by atoms with van der Waals surface area (Å²) in [6.07, 6.45) is 3.89. The molecule has 17 heavy (non-hydrogen) atoms. The van der Waals surface area contributed by atoms with Gasteiger partial charge < -0.3 is 9.64 Å². The summed E-state index contributed by atoms with van der Waals surface area (Å²) < 4.78 is 5.26. The highest BCUT2D eigenvalue weighted by Crippen LogP contribution is 2.30. The number of carbonyl (C=O) groups excluding carboxylic acids is 1. The van der Waals surface area contributed by atoms with Crippen molar-refractivity contribution in [2.75, 3.05) is 14.2 Å². The zero-order chi connectivity index (χ0) is 12.4. The molecule has 0 N–H and O–H groups in total. The summed E-state index contributed by atoms with van der Waals surface area (Å²) in [6, 6.07) is 5.94. The quantitative estimate of drug-likeness (QED) is 0.797. The normalized spacial score (nSPS) is 14.2. The molecule has 1 aliphatic carbocycles. The van der Waals surface area contributed by atoms with Crippen molar-refractivity contribution in [1.29, 1.82) is 0 Å². The predicted octanol–water partition coefficient (Wildman–Crippen LogP) is 2.57. The summed E-state index contributed by atoms with van der Waals surface area (Å²) in [7, 11) is 3.43. The molecule has 0 atom stereocenters. The van der Waals surface area contributed by atoms with Crippen LogP contribution in [0.4, 0.5) is 0 Å². The van der Waals surface area contributed by atoms with Gasteiger partial charge in [-0.25, -0.2) is 0 Å². The van der Waals surface area contributed by atoms with Gasteiger partial charge in [-0.1, -0.05) is 24.8 Å². The van der Waals surface area contributed by atoms with Crippen LogP contribution in [0.2, 0.25) is 0 Å². The Morgan fingerprint density at radius 3 is 2.76 bits per heavy atom. The maximum absolute atomic E-state index is 12.4. The molecule has 3 nitrogen and oxygen atoms in total. The third-order valence-corrected chi connectivity index (χ3v) is 3.13. The lowest BCUT2D eigenvalue weighted by Gasteiger charge is -2.19. The second kappa shape index (κ2) is 4.62. The summed E-state index contributed by atoms with van der Waals surface area (Å²) in [4.78, 5) is 14.2. The maximum Gasteiger partial charge on any atom is 0.258 e. The smallest absolute Gasteiger partial charge is 0.258 e. The SMILES string of the molecule is C=Cc1cccc(OC)c1C(=O)N(C)C1CC1. The van der Waals surface area contributed by atoms with Gasteiger partial charge in [-0.3, -0.25) is 4.79 Å². The van der Waals surface area contributed by atoms with Crippen molar-refractivity contribution in [2.45, 2.75) is 18.9 Å². The Labute approximate surface area is 102 Å². The largest absolute Gasteiger partial charge is 0.496 e. The van der Waals surface area contributed by atoms with E-state index in [1.807, 2.05) is 19.2 Å². The van der Waals surface area contributed by atoms with Gasteiger partial charge in [-0.2, -0.15) is 0 Å². The number of carbonyl (C=O) groups is 1. The number of hydrogen-bond donors (Lipinski definition) is 0. The molecule has 0 aliphatic heterocycles. The van der Waals surface area contributed by atoms with Crippen molar-refractivity contribution >= 4 is 12.0 Å². The summed E-state index contributed by atoms with van der Waals surface area (Å²) in [5, 5.41) is 0. The van der Waals surface area contributed by atoms with Gasteiger partial charge in [0.2, 0.25) is 0 Å². The Hall–Kier alpha value is -1.77. The minimum atomic E-state index is 0.0138. The highest BCUT2D eigenvalue weighted by Gasteiger charge is 2.31. The van der Waals surface area contributed by atoms with Gasteiger partial charge in [0.15, 0.2) is 0 Å². The van der Waals surface area contributed by atoms with Crippen molar-refractivity contribution in [2.24, 2.45) is 0 Å².